The molecule has 0 aliphatic carbocycles. The minimum atomic E-state index is 0.282. The Balaban J connectivity index is 0.000000673. The predicted octanol–water partition coefficient (Wildman–Crippen LogP) is 5.35. The molecule has 0 heteroatoms. The van der Waals surface area contributed by atoms with E-state index in [0.717, 1.165) is 0 Å². The summed E-state index contributed by atoms with van der Waals surface area (Å²) in [4.78, 5) is 0. The Morgan fingerprint density at radius 3 is 1.62 bits per heavy atom. The fraction of sp³-hybridized carbons (Fsp3) is 0.625. The van der Waals surface area contributed by atoms with Crippen molar-refractivity contribution in [2.24, 2.45) is 0 Å². The Kier molecular flexibility index (Phi) is 7.12. The lowest BCUT2D eigenvalue weighted by molar-refractivity contribution is 0.590. The van der Waals surface area contributed by atoms with E-state index in [2.05, 4.69) is 65.8 Å². The zero-order valence-corrected chi connectivity index (χ0v) is 11.9. The summed E-state index contributed by atoms with van der Waals surface area (Å²) in [6.07, 6.45) is 3.68. The molecule has 0 heterocycles. The van der Waals surface area contributed by atoms with Crippen molar-refractivity contribution in [3.05, 3.63) is 35.4 Å². The molecule has 0 spiro atoms. The van der Waals surface area contributed by atoms with Gasteiger partial charge in [0.05, 0.1) is 0 Å². The van der Waals surface area contributed by atoms with Gasteiger partial charge >= 0.3 is 0 Å². The quantitative estimate of drug-likeness (QED) is 0.630. The summed E-state index contributed by atoms with van der Waals surface area (Å²) >= 11 is 0. The van der Waals surface area contributed by atoms with E-state index in [1.165, 1.54) is 30.4 Å². The number of hydrogen-bond acceptors (Lipinski definition) is 0. The molecule has 0 atom stereocenters. The first-order valence-corrected chi connectivity index (χ1v) is 6.55. The highest BCUT2D eigenvalue weighted by molar-refractivity contribution is 5.27. The summed E-state index contributed by atoms with van der Waals surface area (Å²) in [6, 6.07) is 9.02. The lowest BCUT2D eigenvalue weighted by atomic mass is 9.86. The van der Waals surface area contributed by atoms with Gasteiger partial charge in [0.1, 0.15) is 0 Å². The molecule has 0 saturated carbocycles. The molecule has 0 saturated heterocycles. The predicted molar refractivity (Wildman–Crippen MR) is 75.1 cm³/mol. The van der Waals surface area contributed by atoms with Crippen LogP contribution in [0.1, 0.15) is 65.5 Å². The monoisotopic (exact) mass is 220 g/mol. The average molecular weight is 220 g/mol. The maximum Gasteiger partial charge on any atom is -0.0132 e. The number of rotatable bonds is 2. The van der Waals surface area contributed by atoms with Gasteiger partial charge in [-0.2, -0.15) is 0 Å². The van der Waals surface area contributed by atoms with Crippen molar-refractivity contribution in [1.29, 1.82) is 0 Å². The van der Waals surface area contributed by atoms with Gasteiger partial charge in [0, 0.05) is 0 Å². The van der Waals surface area contributed by atoms with Gasteiger partial charge in [-0.05, 0) is 23.0 Å². The van der Waals surface area contributed by atoms with E-state index < -0.39 is 0 Å². The molecule has 1 rings (SSSR count). The van der Waals surface area contributed by atoms with E-state index in [1.807, 2.05) is 0 Å². The second-order valence-corrected chi connectivity index (χ2v) is 5.40. The van der Waals surface area contributed by atoms with E-state index in [4.69, 9.17) is 0 Å². The van der Waals surface area contributed by atoms with E-state index in [-0.39, 0.29) is 5.41 Å². The molecule has 0 aromatic heterocycles. The fourth-order valence-corrected chi connectivity index (χ4v) is 1.46. The molecule has 0 nitrogen and oxygen atoms in total. The van der Waals surface area contributed by atoms with Gasteiger partial charge in [-0.25, -0.2) is 0 Å². The molecule has 16 heavy (non-hydrogen) atoms. The van der Waals surface area contributed by atoms with Gasteiger partial charge in [-0.1, -0.05) is 78.6 Å². The molecule has 0 aliphatic rings. The van der Waals surface area contributed by atoms with Gasteiger partial charge < -0.3 is 0 Å². The first-order chi connectivity index (χ1) is 7.45. The van der Waals surface area contributed by atoms with Gasteiger partial charge in [-0.3, -0.25) is 0 Å². The molecule has 0 unspecified atom stereocenters. The van der Waals surface area contributed by atoms with Crippen molar-refractivity contribution in [3.63, 3.8) is 0 Å². The van der Waals surface area contributed by atoms with Crippen molar-refractivity contribution in [2.45, 2.75) is 66.2 Å². The van der Waals surface area contributed by atoms with Crippen LogP contribution in [0.4, 0.5) is 0 Å². The largest absolute Gasteiger partial charge is 0.0656 e. The summed E-state index contributed by atoms with van der Waals surface area (Å²) in [7, 11) is 0. The Morgan fingerprint density at radius 1 is 0.875 bits per heavy atom. The third-order valence-electron chi connectivity index (χ3n) is 2.36. The van der Waals surface area contributed by atoms with Crippen molar-refractivity contribution < 1.29 is 0 Å². The number of aryl methyl sites for hydroxylation is 1. The zero-order chi connectivity index (χ0) is 12.6. The minimum Gasteiger partial charge on any atom is -0.0656 e. The first-order valence-electron chi connectivity index (χ1n) is 6.55. The van der Waals surface area contributed by atoms with Crippen LogP contribution in [0.25, 0.3) is 0 Å². The van der Waals surface area contributed by atoms with Crippen LogP contribution in [-0.4, -0.2) is 0 Å². The second-order valence-electron chi connectivity index (χ2n) is 5.40. The zero-order valence-electron chi connectivity index (χ0n) is 11.9. The topological polar surface area (TPSA) is 0 Å². The molecule has 1 aromatic rings. The molecule has 0 radical (unpaired) electrons. The Hall–Kier alpha value is -0.780. The molecule has 0 fully saturated rings. The van der Waals surface area contributed by atoms with Crippen molar-refractivity contribution >= 4 is 0 Å². The van der Waals surface area contributed by atoms with Crippen LogP contribution in [0.2, 0.25) is 0 Å². The lowest BCUT2D eigenvalue weighted by Gasteiger charge is -2.19. The van der Waals surface area contributed by atoms with Crippen molar-refractivity contribution in [2.75, 3.05) is 0 Å². The molecule has 0 aliphatic heterocycles. The van der Waals surface area contributed by atoms with Crippen LogP contribution in [-0.2, 0) is 11.8 Å². The summed E-state index contributed by atoms with van der Waals surface area (Å²) in [5.74, 6) is 0. The maximum atomic E-state index is 2.25. The van der Waals surface area contributed by atoms with Crippen LogP contribution < -0.4 is 0 Å². The Morgan fingerprint density at radius 2 is 1.31 bits per heavy atom. The first kappa shape index (κ1) is 15.2. The van der Waals surface area contributed by atoms with Gasteiger partial charge in [-0.15, -0.1) is 0 Å². The molecular formula is C16H28. The maximum absolute atomic E-state index is 2.25. The average Bonchev–Trinajstić information content (AvgIpc) is 2.19. The van der Waals surface area contributed by atoms with E-state index in [9.17, 15) is 0 Å². The van der Waals surface area contributed by atoms with Gasteiger partial charge in [0.15, 0.2) is 0 Å². The highest BCUT2D eigenvalue weighted by Gasteiger charge is 2.12. The lowest BCUT2D eigenvalue weighted by Crippen LogP contribution is -2.10. The van der Waals surface area contributed by atoms with Crippen LogP contribution >= 0.6 is 0 Å². The normalized spacial score (nSPS) is 10.6. The van der Waals surface area contributed by atoms with E-state index in [0.29, 0.717) is 0 Å². The van der Waals surface area contributed by atoms with Crippen molar-refractivity contribution in [1.82, 2.24) is 0 Å². The standard InChI is InChI=1S/C13H20.C3H8/c1-5-6-11-7-9-12(10-8-11)13(2,3)4;1-3-2/h7-10H,5-6H2,1-4H3;3H2,1-2H3. The summed E-state index contributed by atoms with van der Waals surface area (Å²) in [5.41, 5.74) is 3.16. The van der Waals surface area contributed by atoms with Gasteiger partial charge in [0.25, 0.3) is 0 Å². The highest BCUT2D eigenvalue weighted by atomic mass is 14.2. The molecule has 0 bridgehead atoms. The molecule has 0 amide bonds. The van der Waals surface area contributed by atoms with E-state index in [1.54, 1.807) is 0 Å². The van der Waals surface area contributed by atoms with Crippen LogP contribution in [0.15, 0.2) is 24.3 Å². The second kappa shape index (κ2) is 7.49. The third kappa shape index (κ3) is 5.95. The van der Waals surface area contributed by atoms with Crippen LogP contribution in [0, 0.1) is 0 Å². The smallest absolute Gasteiger partial charge is 0.0132 e. The summed E-state index contributed by atoms with van der Waals surface area (Å²) < 4.78 is 0. The number of hydrogen-bond donors (Lipinski definition) is 0. The highest BCUT2D eigenvalue weighted by Crippen LogP contribution is 2.22. The van der Waals surface area contributed by atoms with Crippen molar-refractivity contribution in [3.8, 4) is 0 Å². The minimum absolute atomic E-state index is 0.282. The van der Waals surface area contributed by atoms with Gasteiger partial charge in [0.2, 0.25) is 0 Å². The van der Waals surface area contributed by atoms with E-state index >= 15 is 0 Å². The number of benzene rings is 1. The molecule has 92 valence electrons. The molecular weight excluding hydrogens is 192 g/mol. The summed E-state index contributed by atoms with van der Waals surface area (Å²) in [6.45, 7) is 13.2. The van der Waals surface area contributed by atoms with Crippen LogP contribution in [0.5, 0.6) is 0 Å². The Labute approximate surface area is 102 Å². The molecule has 1 aromatic carbocycles. The SMILES string of the molecule is CCC.CCCc1ccc(C(C)(C)C)cc1. The molecule has 0 N–H and O–H groups in total. The van der Waals surface area contributed by atoms with Crippen LogP contribution in [0.3, 0.4) is 0 Å². The Bertz CT molecular complexity index is 261. The fourth-order valence-electron chi connectivity index (χ4n) is 1.46. The third-order valence-corrected chi connectivity index (χ3v) is 2.36. The summed E-state index contributed by atoms with van der Waals surface area (Å²) in [5, 5.41) is 0.